The Morgan fingerprint density at radius 3 is 2.50 bits per heavy atom. The van der Waals surface area contributed by atoms with Crippen LogP contribution in [0.4, 0.5) is 0 Å². The lowest BCUT2D eigenvalue weighted by molar-refractivity contribution is 0.208. The molecular weight excluding hydrogens is 122 g/mol. The molecule has 0 spiro atoms. The molecule has 1 saturated heterocycles. The van der Waals surface area contributed by atoms with Gasteiger partial charge in [0.05, 0.1) is 0 Å². The van der Waals surface area contributed by atoms with Gasteiger partial charge in [0.15, 0.2) is 0 Å². The summed E-state index contributed by atoms with van der Waals surface area (Å²) in [6.45, 7) is 8.21. The fourth-order valence-electron chi connectivity index (χ4n) is 2.15. The molecule has 1 heteroatoms. The van der Waals surface area contributed by atoms with Crippen molar-refractivity contribution >= 4 is 0 Å². The molecule has 1 rings (SSSR count). The minimum absolute atomic E-state index is 0.744. The minimum atomic E-state index is 0.744. The molecule has 1 aliphatic heterocycles. The average molecular weight is 141 g/mol. The summed E-state index contributed by atoms with van der Waals surface area (Å²) < 4.78 is 0. The van der Waals surface area contributed by atoms with Crippen molar-refractivity contribution in [3.8, 4) is 0 Å². The summed E-state index contributed by atoms with van der Waals surface area (Å²) in [5, 5.41) is 3.51. The van der Waals surface area contributed by atoms with Gasteiger partial charge in [-0.3, -0.25) is 0 Å². The van der Waals surface area contributed by atoms with Crippen LogP contribution in [0.3, 0.4) is 0 Å². The maximum atomic E-state index is 3.51. The Kier molecular flexibility index (Phi) is 2.72. The van der Waals surface area contributed by atoms with Crippen molar-refractivity contribution in [2.24, 2.45) is 11.8 Å². The van der Waals surface area contributed by atoms with Crippen molar-refractivity contribution in [3.05, 3.63) is 0 Å². The third-order valence-corrected chi connectivity index (χ3v) is 2.91. The van der Waals surface area contributed by atoms with E-state index in [1.807, 2.05) is 0 Å². The Morgan fingerprint density at radius 2 is 2.10 bits per heavy atom. The van der Waals surface area contributed by atoms with Crippen LogP contribution in [0.2, 0.25) is 0 Å². The average Bonchev–Trinajstić information content (AvgIpc) is 1.88. The summed E-state index contributed by atoms with van der Waals surface area (Å²) >= 11 is 0. The molecule has 1 aliphatic rings. The zero-order valence-electron chi connectivity index (χ0n) is 7.35. The topological polar surface area (TPSA) is 12.0 Å². The predicted octanol–water partition coefficient (Wildman–Crippen LogP) is 2.03. The summed E-state index contributed by atoms with van der Waals surface area (Å²) in [4.78, 5) is 0. The lowest BCUT2D eigenvalue weighted by Gasteiger charge is -2.34. The van der Waals surface area contributed by atoms with Gasteiger partial charge in [0, 0.05) is 6.04 Å². The van der Waals surface area contributed by atoms with E-state index < -0.39 is 0 Å². The lowest BCUT2D eigenvalue weighted by atomic mass is 9.81. The van der Waals surface area contributed by atoms with E-state index in [1.54, 1.807) is 0 Å². The molecule has 0 bridgehead atoms. The van der Waals surface area contributed by atoms with Gasteiger partial charge in [-0.15, -0.1) is 0 Å². The van der Waals surface area contributed by atoms with Crippen molar-refractivity contribution in [2.75, 3.05) is 6.54 Å². The Labute approximate surface area is 64.2 Å². The molecule has 1 fully saturated rings. The first kappa shape index (κ1) is 8.06. The highest BCUT2D eigenvalue weighted by Crippen LogP contribution is 2.25. The molecule has 10 heavy (non-hydrogen) atoms. The maximum absolute atomic E-state index is 3.51. The summed E-state index contributed by atoms with van der Waals surface area (Å²) in [5.41, 5.74) is 0. The largest absolute Gasteiger partial charge is 0.314 e. The SMILES string of the molecule is CCC1C(C)CCNC1C. The van der Waals surface area contributed by atoms with Crippen molar-refractivity contribution in [1.82, 2.24) is 5.32 Å². The fraction of sp³-hybridized carbons (Fsp3) is 1.00. The summed E-state index contributed by atoms with van der Waals surface area (Å²) in [5.74, 6) is 1.84. The zero-order valence-corrected chi connectivity index (χ0v) is 7.35. The van der Waals surface area contributed by atoms with Gasteiger partial charge in [-0.1, -0.05) is 20.3 Å². The number of piperidine rings is 1. The van der Waals surface area contributed by atoms with Crippen molar-refractivity contribution in [3.63, 3.8) is 0 Å². The molecule has 0 saturated carbocycles. The summed E-state index contributed by atoms with van der Waals surface area (Å²) in [6.07, 6.45) is 2.69. The smallest absolute Gasteiger partial charge is 0.00694 e. The number of nitrogens with one attached hydrogen (secondary N) is 1. The molecule has 1 heterocycles. The Morgan fingerprint density at radius 1 is 1.40 bits per heavy atom. The van der Waals surface area contributed by atoms with Gasteiger partial charge < -0.3 is 5.32 Å². The first-order valence-corrected chi connectivity index (χ1v) is 4.49. The van der Waals surface area contributed by atoms with Crippen LogP contribution in [0, 0.1) is 11.8 Å². The highest BCUT2D eigenvalue weighted by Gasteiger charge is 2.24. The van der Waals surface area contributed by atoms with E-state index in [0.717, 1.165) is 17.9 Å². The predicted molar refractivity (Wildman–Crippen MR) is 45.0 cm³/mol. The van der Waals surface area contributed by atoms with Crippen LogP contribution in [0.25, 0.3) is 0 Å². The van der Waals surface area contributed by atoms with Crippen LogP contribution in [-0.2, 0) is 0 Å². The molecule has 3 atom stereocenters. The van der Waals surface area contributed by atoms with Crippen LogP contribution in [0.5, 0.6) is 0 Å². The monoisotopic (exact) mass is 141 g/mol. The fourth-order valence-corrected chi connectivity index (χ4v) is 2.15. The maximum Gasteiger partial charge on any atom is 0.00694 e. The van der Waals surface area contributed by atoms with Gasteiger partial charge in [0.1, 0.15) is 0 Å². The summed E-state index contributed by atoms with van der Waals surface area (Å²) in [7, 11) is 0. The molecule has 0 aliphatic carbocycles. The summed E-state index contributed by atoms with van der Waals surface area (Å²) in [6, 6.07) is 0.744. The van der Waals surface area contributed by atoms with E-state index in [-0.39, 0.29) is 0 Å². The first-order valence-electron chi connectivity index (χ1n) is 4.49. The van der Waals surface area contributed by atoms with Gasteiger partial charge in [0.2, 0.25) is 0 Å². The van der Waals surface area contributed by atoms with Gasteiger partial charge in [-0.05, 0) is 31.7 Å². The Hall–Kier alpha value is -0.0400. The van der Waals surface area contributed by atoms with E-state index in [1.165, 1.54) is 19.4 Å². The van der Waals surface area contributed by atoms with E-state index in [9.17, 15) is 0 Å². The van der Waals surface area contributed by atoms with Crippen LogP contribution < -0.4 is 5.32 Å². The molecule has 3 unspecified atom stereocenters. The molecule has 0 aromatic carbocycles. The molecule has 0 aromatic heterocycles. The quantitative estimate of drug-likeness (QED) is 0.589. The zero-order chi connectivity index (χ0) is 7.56. The molecule has 60 valence electrons. The van der Waals surface area contributed by atoms with Crippen LogP contribution in [-0.4, -0.2) is 12.6 Å². The highest BCUT2D eigenvalue weighted by molar-refractivity contribution is 4.80. The van der Waals surface area contributed by atoms with Gasteiger partial charge in [0.25, 0.3) is 0 Å². The van der Waals surface area contributed by atoms with Gasteiger partial charge in [-0.2, -0.15) is 0 Å². The van der Waals surface area contributed by atoms with Crippen molar-refractivity contribution in [2.45, 2.75) is 39.7 Å². The van der Waals surface area contributed by atoms with Gasteiger partial charge in [-0.25, -0.2) is 0 Å². The molecule has 0 radical (unpaired) electrons. The third-order valence-electron chi connectivity index (χ3n) is 2.91. The van der Waals surface area contributed by atoms with Crippen molar-refractivity contribution in [1.29, 1.82) is 0 Å². The minimum Gasteiger partial charge on any atom is -0.314 e. The van der Waals surface area contributed by atoms with E-state index in [2.05, 4.69) is 26.1 Å². The molecule has 1 N–H and O–H groups in total. The highest BCUT2D eigenvalue weighted by atomic mass is 14.9. The second kappa shape index (κ2) is 3.38. The Bertz CT molecular complexity index is 90.9. The third kappa shape index (κ3) is 1.51. The van der Waals surface area contributed by atoms with E-state index in [4.69, 9.17) is 0 Å². The molecule has 0 amide bonds. The van der Waals surface area contributed by atoms with Gasteiger partial charge >= 0.3 is 0 Å². The molecular formula is C9H19N. The molecule has 1 nitrogen and oxygen atoms in total. The van der Waals surface area contributed by atoms with Crippen LogP contribution in [0.1, 0.15) is 33.6 Å². The number of rotatable bonds is 1. The number of hydrogen-bond acceptors (Lipinski definition) is 1. The number of hydrogen-bond donors (Lipinski definition) is 1. The van der Waals surface area contributed by atoms with E-state index >= 15 is 0 Å². The normalized spacial score (nSPS) is 41.7. The lowest BCUT2D eigenvalue weighted by Crippen LogP contribution is -2.42. The first-order chi connectivity index (χ1) is 4.75. The van der Waals surface area contributed by atoms with Crippen LogP contribution >= 0.6 is 0 Å². The van der Waals surface area contributed by atoms with Crippen molar-refractivity contribution < 1.29 is 0 Å². The van der Waals surface area contributed by atoms with E-state index in [0.29, 0.717) is 0 Å². The standard InChI is InChI=1S/C9H19N/c1-4-9-7(2)5-6-10-8(9)3/h7-10H,4-6H2,1-3H3. The van der Waals surface area contributed by atoms with Crippen LogP contribution in [0.15, 0.2) is 0 Å². The second-order valence-electron chi connectivity index (χ2n) is 3.58. The Balaban J connectivity index is 2.45. The molecule has 0 aromatic rings. The second-order valence-corrected chi connectivity index (χ2v) is 3.58.